The number of allylic oxidation sites excluding steroid dienone is 2. The molecule has 2 aliphatic carbocycles. The monoisotopic (exact) mass is 567 g/mol. The number of aliphatic carboxylic acids is 1. The maximum absolute atomic E-state index is 13.1. The van der Waals surface area contributed by atoms with E-state index >= 15 is 0 Å². The molecule has 1 atom stereocenters. The number of benzene rings is 2. The lowest BCUT2D eigenvalue weighted by Gasteiger charge is -2.35. The second-order valence-corrected chi connectivity index (χ2v) is 11.7. The Morgan fingerprint density at radius 2 is 1.69 bits per heavy atom. The lowest BCUT2D eigenvalue weighted by atomic mass is 9.71. The smallest absolute Gasteiger partial charge is 0.323 e. The van der Waals surface area contributed by atoms with Crippen LogP contribution in [0, 0.1) is 17.8 Å². The number of rotatable bonds is 10. The highest BCUT2D eigenvalue weighted by molar-refractivity contribution is 5.96. The van der Waals surface area contributed by atoms with Crippen LogP contribution in [-0.4, -0.2) is 45.5 Å². The van der Waals surface area contributed by atoms with Crippen molar-refractivity contribution in [3.05, 3.63) is 83.7 Å². The zero-order valence-corrected chi connectivity index (χ0v) is 24.7. The van der Waals surface area contributed by atoms with Gasteiger partial charge in [-0.15, -0.1) is 0 Å². The molecule has 3 aromatic rings. The van der Waals surface area contributed by atoms with E-state index in [1.165, 1.54) is 62.5 Å². The Morgan fingerprint density at radius 1 is 0.952 bits per heavy atom. The summed E-state index contributed by atoms with van der Waals surface area (Å²) in [5, 5.41) is 9.42. The minimum Gasteiger partial charge on any atom is -0.497 e. The van der Waals surface area contributed by atoms with Gasteiger partial charge in [0.15, 0.2) is 5.82 Å². The maximum Gasteiger partial charge on any atom is 0.323 e. The molecule has 0 radical (unpaired) electrons. The topological polar surface area (TPSA) is 92.6 Å². The van der Waals surface area contributed by atoms with Crippen LogP contribution in [0.1, 0.15) is 79.8 Å². The number of nitrogens with zero attached hydrogens (tertiary/aromatic N) is 3. The van der Waals surface area contributed by atoms with Crippen molar-refractivity contribution < 1.29 is 19.4 Å². The highest BCUT2D eigenvalue weighted by atomic mass is 16.5. The molecule has 0 aliphatic heterocycles. The Kier molecular flexibility index (Phi) is 9.67. The van der Waals surface area contributed by atoms with Gasteiger partial charge in [0.1, 0.15) is 12.3 Å². The molecule has 1 fully saturated rings. The first-order valence-electron chi connectivity index (χ1n) is 15.2. The van der Waals surface area contributed by atoms with Crippen molar-refractivity contribution in [2.45, 2.75) is 64.8 Å². The fourth-order valence-electron chi connectivity index (χ4n) is 6.54. The molecule has 7 nitrogen and oxygen atoms in total. The largest absolute Gasteiger partial charge is 0.497 e. The van der Waals surface area contributed by atoms with E-state index in [0.29, 0.717) is 17.1 Å². The van der Waals surface area contributed by atoms with Gasteiger partial charge in [0.05, 0.1) is 7.11 Å². The molecule has 42 heavy (non-hydrogen) atoms. The molecular weight excluding hydrogens is 526 g/mol. The van der Waals surface area contributed by atoms with E-state index in [9.17, 15) is 14.7 Å². The van der Waals surface area contributed by atoms with Crippen LogP contribution in [-0.2, 0) is 11.3 Å². The van der Waals surface area contributed by atoms with Gasteiger partial charge >= 0.3 is 5.97 Å². The summed E-state index contributed by atoms with van der Waals surface area (Å²) in [6.07, 6.45) is 16.7. The Balaban J connectivity index is 1.20. The number of methoxy groups -OCH3 is 1. The Labute approximate surface area is 248 Å². The van der Waals surface area contributed by atoms with Gasteiger partial charge in [-0.1, -0.05) is 62.6 Å². The molecule has 2 aliphatic rings. The SMILES string of the molecule is CC[C@H]1CC[C@H](C2CC=C(c3cnc(-c4ccc(CN(CC(=O)O)C(=O)c5cccc(OC)c5)cc4)nc3)CC2)CC1. The minimum absolute atomic E-state index is 0.164. The average Bonchev–Trinajstić information content (AvgIpc) is 3.04. The quantitative estimate of drug-likeness (QED) is 0.277. The first kappa shape index (κ1) is 29.5. The van der Waals surface area contributed by atoms with Crippen LogP contribution in [0.4, 0.5) is 0 Å². The number of hydrogen-bond donors (Lipinski definition) is 1. The van der Waals surface area contributed by atoms with Crippen molar-refractivity contribution in [1.82, 2.24) is 14.9 Å². The zero-order valence-electron chi connectivity index (χ0n) is 24.7. The van der Waals surface area contributed by atoms with Crippen molar-refractivity contribution in [3.8, 4) is 17.1 Å². The summed E-state index contributed by atoms with van der Waals surface area (Å²) in [7, 11) is 1.53. The Morgan fingerprint density at radius 3 is 2.31 bits per heavy atom. The van der Waals surface area contributed by atoms with E-state index in [2.05, 4.69) is 23.0 Å². The van der Waals surface area contributed by atoms with Gasteiger partial charge in [0, 0.05) is 35.6 Å². The van der Waals surface area contributed by atoms with E-state index in [-0.39, 0.29) is 12.5 Å². The lowest BCUT2D eigenvalue weighted by Crippen LogP contribution is -2.35. The van der Waals surface area contributed by atoms with E-state index in [1.807, 2.05) is 36.7 Å². The Bertz CT molecular complexity index is 1390. The molecule has 5 rings (SSSR count). The standard InChI is InChI=1S/C35H41N3O4/c1-3-24-7-11-26(12-8-24)27-15-17-28(18-16-27)31-20-36-34(37-21-31)29-13-9-25(10-14-29)22-38(23-33(39)40)35(41)30-5-4-6-32(19-30)42-2/h4-6,9-10,13-14,17,19-21,24,26-27H,3,7-8,11-12,15-16,18,22-23H2,1-2H3,(H,39,40)/t24-,26-,27?. The number of carboxylic acid groups (broad SMARTS) is 1. The Hall–Kier alpha value is -4.00. The van der Waals surface area contributed by atoms with Gasteiger partial charge in [0.25, 0.3) is 5.91 Å². The predicted octanol–water partition coefficient (Wildman–Crippen LogP) is 7.28. The summed E-state index contributed by atoms with van der Waals surface area (Å²) < 4.78 is 5.21. The predicted molar refractivity (Wildman–Crippen MR) is 164 cm³/mol. The van der Waals surface area contributed by atoms with Crippen LogP contribution in [0.15, 0.2) is 67.0 Å². The van der Waals surface area contributed by atoms with Crippen molar-refractivity contribution >= 4 is 17.4 Å². The molecule has 0 saturated heterocycles. The maximum atomic E-state index is 13.1. The molecule has 0 bridgehead atoms. The van der Waals surface area contributed by atoms with E-state index in [1.54, 1.807) is 24.3 Å². The first-order valence-corrected chi connectivity index (χ1v) is 15.2. The summed E-state index contributed by atoms with van der Waals surface area (Å²) in [4.78, 5) is 35.3. The molecule has 1 unspecified atom stereocenters. The molecule has 1 N–H and O–H groups in total. The van der Waals surface area contributed by atoms with Gasteiger partial charge in [-0.05, 0) is 79.2 Å². The van der Waals surface area contributed by atoms with Gasteiger partial charge in [-0.3, -0.25) is 9.59 Å². The molecule has 7 heteroatoms. The summed E-state index contributed by atoms with van der Waals surface area (Å²) in [6.45, 7) is 2.09. The summed E-state index contributed by atoms with van der Waals surface area (Å²) in [5.41, 5.74) is 4.52. The fourth-order valence-corrected chi connectivity index (χ4v) is 6.54. The molecule has 2 aromatic carbocycles. The highest BCUT2D eigenvalue weighted by Gasteiger charge is 2.28. The number of carboxylic acids is 1. The van der Waals surface area contributed by atoms with Crippen molar-refractivity contribution in [3.63, 3.8) is 0 Å². The van der Waals surface area contributed by atoms with Crippen LogP contribution in [0.3, 0.4) is 0 Å². The number of ether oxygens (including phenoxy) is 1. The molecule has 1 heterocycles. The molecule has 1 amide bonds. The second kappa shape index (κ2) is 13.8. The van der Waals surface area contributed by atoms with Crippen LogP contribution in [0.5, 0.6) is 5.75 Å². The summed E-state index contributed by atoms with van der Waals surface area (Å²) in [6, 6.07) is 14.3. The summed E-state index contributed by atoms with van der Waals surface area (Å²) in [5.74, 6) is 2.40. The number of carbonyl (C=O) groups excluding carboxylic acids is 1. The van der Waals surface area contributed by atoms with E-state index in [0.717, 1.165) is 40.9 Å². The van der Waals surface area contributed by atoms with E-state index in [4.69, 9.17) is 4.74 Å². The van der Waals surface area contributed by atoms with Crippen LogP contribution >= 0.6 is 0 Å². The van der Waals surface area contributed by atoms with E-state index < -0.39 is 12.5 Å². The van der Waals surface area contributed by atoms with Gasteiger partial charge in [0.2, 0.25) is 0 Å². The normalized spacial score (nSPS) is 20.4. The van der Waals surface area contributed by atoms with Gasteiger partial charge in [-0.2, -0.15) is 0 Å². The lowest BCUT2D eigenvalue weighted by molar-refractivity contribution is -0.137. The highest BCUT2D eigenvalue weighted by Crippen LogP contribution is 2.41. The number of amides is 1. The number of hydrogen-bond acceptors (Lipinski definition) is 5. The van der Waals surface area contributed by atoms with Gasteiger partial charge < -0.3 is 14.7 Å². The van der Waals surface area contributed by atoms with Crippen molar-refractivity contribution in [2.75, 3.05) is 13.7 Å². The zero-order chi connectivity index (χ0) is 29.5. The van der Waals surface area contributed by atoms with Crippen LogP contribution in [0.25, 0.3) is 17.0 Å². The first-order chi connectivity index (χ1) is 20.4. The van der Waals surface area contributed by atoms with Gasteiger partial charge in [-0.25, -0.2) is 9.97 Å². The third-order valence-corrected chi connectivity index (χ3v) is 9.13. The average molecular weight is 568 g/mol. The van der Waals surface area contributed by atoms with Crippen molar-refractivity contribution in [1.29, 1.82) is 0 Å². The minimum atomic E-state index is -1.07. The molecule has 220 valence electrons. The number of carbonyl (C=O) groups is 2. The third-order valence-electron chi connectivity index (χ3n) is 9.13. The molecule has 1 saturated carbocycles. The number of aromatic nitrogens is 2. The molecular formula is C35H41N3O4. The second-order valence-electron chi connectivity index (χ2n) is 11.7. The molecule has 0 spiro atoms. The fraction of sp³-hybridized carbons (Fsp3) is 0.429. The molecule has 1 aromatic heterocycles. The summed E-state index contributed by atoms with van der Waals surface area (Å²) >= 11 is 0. The third kappa shape index (κ3) is 7.25. The van der Waals surface area contributed by atoms with Crippen molar-refractivity contribution in [2.24, 2.45) is 17.8 Å². The van der Waals surface area contributed by atoms with Crippen LogP contribution in [0.2, 0.25) is 0 Å². The van der Waals surface area contributed by atoms with Crippen LogP contribution < -0.4 is 4.74 Å².